The summed E-state index contributed by atoms with van der Waals surface area (Å²) in [5, 5.41) is 2.93. The van der Waals surface area contributed by atoms with Crippen LogP contribution in [0.3, 0.4) is 0 Å². The van der Waals surface area contributed by atoms with Gasteiger partial charge in [-0.2, -0.15) is 0 Å². The summed E-state index contributed by atoms with van der Waals surface area (Å²) in [6.45, 7) is 2.64. The zero-order chi connectivity index (χ0) is 14.4. The molecule has 1 aromatic heterocycles. The number of anilines is 1. The molecule has 0 atom stereocenters. The number of hydrogen-bond donors (Lipinski definition) is 1. The summed E-state index contributed by atoms with van der Waals surface area (Å²) in [5.74, 6) is 0.747. The van der Waals surface area contributed by atoms with E-state index in [2.05, 4.69) is 15.3 Å². The minimum atomic E-state index is -0.276. The van der Waals surface area contributed by atoms with E-state index in [0.29, 0.717) is 23.7 Å². The van der Waals surface area contributed by atoms with Gasteiger partial charge in [-0.05, 0) is 24.6 Å². The summed E-state index contributed by atoms with van der Waals surface area (Å²) in [5.41, 5.74) is 0.494. The Balaban J connectivity index is 2.09. The van der Waals surface area contributed by atoms with E-state index in [1.807, 2.05) is 13.0 Å². The maximum absolute atomic E-state index is 12.1. The number of nitrogens with zero attached hydrogens (tertiary/aromatic N) is 2. The van der Waals surface area contributed by atoms with Crippen LogP contribution in [0.25, 0.3) is 0 Å². The molecule has 1 amide bonds. The maximum atomic E-state index is 12.1. The molecule has 0 bridgehead atoms. The number of benzene rings is 1. The number of halogens is 1. The Morgan fingerprint density at radius 1 is 1.35 bits per heavy atom. The molecule has 2 aromatic rings. The van der Waals surface area contributed by atoms with E-state index in [0.717, 1.165) is 6.42 Å². The van der Waals surface area contributed by atoms with Crippen molar-refractivity contribution in [2.45, 2.75) is 13.3 Å². The van der Waals surface area contributed by atoms with Crippen molar-refractivity contribution in [3.63, 3.8) is 0 Å². The van der Waals surface area contributed by atoms with Crippen LogP contribution in [0.5, 0.6) is 5.75 Å². The second-order valence-electron chi connectivity index (χ2n) is 4.06. The van der Waals surface area contributed by atoms with Crippen molar-refractivity contribution in [3.05, 3.63) is 47.4 Å². The van der Waals surface area contributed by atoms with Crippen LogP contribution in [-0.4, -0.2) is 22.5 Å². The van der Waals surface area contributed by atoms with Crippen LogP contribution in [0, 0.1) is 0 Å². The highest BCUT2D eigenvalue weighted by Gasteiger charge is 2.08. The molecule has 1 aromatic carbocycles. The molecular formula is C14H14ClN3O2. The zero-order valence-electron chi connectivity index (χ0n) is 11.0. The van der Waals surface area contributed by atoms with E-state index in [1.54, 1.807) is 18.2 Å². The molecule has 2 rings (SSSR count). The molecule has 0 fully saturated rings. The second-order valence-corrected chi connectivity index (χ2v) is 4.44. The van der Waals surface area contributed by atoms with Crippen LogP contribution in [-0.2, 0) is 0 Å². The van der Waals surface area contributed by atoms with Crippen LogP contribution >= 0.6 is 11.6 Å². The molecular weight excluding hydrogens is 278 g/mol. The highest BCUT2D eigenvalue weighted by Crippen LogP contribution is 2.15. The van der Waals surface area contributed by atoms with Crippen molar-refractivity contribution < 1.29 is 9.53 Å². The third kappa shape index (κ3) is 3.93. The fourth-order valence-corrected chi connectivity index (χ4v) is 1.68. The molecule has 1 heterocycles. The van der Waals surface area contributed by atoms with Gasteiger partial charge in [-0.15, -0.1) is 0 Å². The van der Waals surface area contributed by atoms with Gasteiger partial charge in [0.1, 0.15) is 23.0 Å². The quantitative estimate of drug-likeness (QED) is 0.859. The van der Waals surface area contributed by atoms with Crippen molar-refractivity contribution in [1.82, 2.24) is 9.97 Å². The Bertz CT molecular complexity index is 604. The Kier molecular flexibility index (Phi) is 4.90. The van der Waals surface area contributed by atoms with Crippen LogP contribution in [0.4, 0.5) is 5.82 Å². The van der Waals surface area contributed by atoms with Gasteiger partial charge in [0.15, 0.2) is 0 Å². The molecule has 1 N–H and O–H groups in total. The predicted octanol–water partition coefficient (Wildman–Crippen LogP) is 3.17. The van der Waals surface area contributed by atoms with Crippen molar-refractivity contribution >= 4 is 23.3 Å². The Morgan fingerprint density at radius 3 is 2.95 bits per heavy atom. The van der Waals surface area contributed by atoms with Crippen LogP contribution in [0.2, 0.25) is 5.15 Å². The normalized spacial score (nSPS) is 10.1. The number of amides is 1. The molecule has 0 radical (unpaired) electrons. The summed E-state index contributed by atoms with van der Waals surface area (Å²) < 4.78 is 5.49. The van der Waals surface area contributed by atoms with Gasteiger partial charge in [-0.1, -0.05) is 24.6 Å². The number of carbonyl (C=O) groups excluding carboxylic acids is 1. The molecule has 0 aliphatic rings. The zero-order valence-corrected chi connectivity index (χ0v) is 11.7. The van der Waals surface area contributed by atoms with Gasteiger partial charge in [0.05, 0.1) is 6.61 Å². The molecule has 0 saturated carbocycles. The lowest BCUT2D eigenvalue weighted by Gasteiger charge is -2.07. The number of nitrogens with one attached hydrogen (secondary N) is 1. The Hall–Kier alpha value is -2.14. The number of rotatable bonds is 5. The number of carbonyl (C=O) groups is 1. The first-order chi connectivity index (χ1) is 9.69. The van der Waals surface area contributed by atoms with Crippen LogP contribution < -0.4 is 10.1 Å². The van der Waals surface area contributed by atoms with Crippen molar-refractivity contribution in [2.24, 2.45) is 0 Å². The van der Waals surface area contributed by atoms with Crippen LogP contribution in [0.15, 0.2) is 36.7 Å². The fourth-order valence-electron chi connectivity index (χ4n) is 1.54. The molecule has 5 nitrogen and oxygen atoms in total. The van der Waals surface area contributed by atoms with E-state index in [1.165, 1.54) is 12.4 Å². The van der Waals surface area contributed by atoms with Crippen molar-refractivity contribution in [2.75, 3.05) is 11.9 Å². The number of aromatic nitrogens is 2. The predicted molar refractivity (Wildman–Crippen MR) is 77.2 cm³/mol. The highest BCUT2D eigenvalue weighted by atomic mass is 35.5. The first-order valence-electron chi connectivity index (χ1n) is 6.21. The summed E-state index contributed by atoms with van der Waals surface area (Å²) in [4.78, 5) is 19.8. The third-order valence-electron chi connectivity index (χ3n) is 2.44. The molecule has 0 saturated heterocycles. The van der Waals surface area contributed by atoms with E-state index in [9.17, 15) is 4.79 Å². The second kappa shape index (κ2) is 6.86. The summed E-state index contributed by atoms with van der Waals surface area (Å²) in [6.07, 6.45) is 2.20. The van der Waals surface area contributed by atoms with Gasteiger partial charge >= 0.3 is 0 Å². The molecule has 104 valence electrons. The molecule has 0 aliphatic heterocycles. The van der Waals surface area contributed by atoms with Gasteiger partial charge < -0.3 is 10.1 Å². The topological polar surface area (TPSA) is 64.1 Å². The van der Waals surface area contributed by atoms with Gasteiger partial charge in [-0.3, -0.25) is 4.79 Å². The molecule has 6 heteroatoms. The molecule has 0 spiro atoms. The minimum Gasteiger partial charge on any atom is -0.494 e. The van der Waals surface area contributed by atoms with E-state index in [-0.39, 0.29) is 11.1 Å². The Morgan fingerprint density at radius 2 is 2.20 bits per heavy atom. The van der Waals surface area contributed by atoms with Crippen molar-refractivity contribution in [3.8, 4) is 5.75 Å². The monoisotopic (exact) mass is 291 g/mol. The lowest BCUT2D eigenvalue weighted by molar-refractivity contribution is 0.102. The first-order valence-corrected chi connectivity index (χ1v) is 6.58. The average Bonchev–Trinajstić information content (AvgIpc) is 2.45. The van der Waals surface area contributed by atoms with Gasteiger partial charge in [0.25, 0.3) is 5.91 Å². The SMILES string of the molecule is CCCOc1cccc(C(=O)Nc2cc(Cl)ncn2)c1. The fraction of sp³-hybridized carbons (Fsp3) is 0.214. The van der Waals surface area contributed by atoms with E-state index >= 15 is 0 Å². The third-order valence-corrected chi connectivity index (χ3v) is 2.65. The van der Waals surface area contributed by atoms with E-state index < -0.39 is 0 Å². The van der Waals surface area contributed by atoms with Crippen molar-refractivity contribution in [1.29, 1.82) is 0 Å². The van der Waals surface area contributed by atoms with Gasteiger partial charge in [0.2, 0.25) is 0 Å². The average molecular weight is 292 g/mol. The van der Waals surface area contributed by atoms with Crippen LogP contribution in [0.1, 0.15) is 23.7 Å². The standard InChI is InChI=1S/C14H14ClN3O2/c1-2-6-20-11-5-3-4-10(7-11)14(19)18-13-8-12(15)16-9-17-13/h3-5,7-9H,2,6H2,1H3,(H,16,17,18,19). The molecule has 20 heavy (non-hydrogen) atoms. The number of hydrogen-bond acceptors (Lipinski definition) is 4. The highest BCUT2D eigenvalue weighted by molar-refractivity contribution is 6.29. The smallest absolute Gasteiger partial charge is 0.256 e. The summed E-state index contributed by atoms with van der Waals surface area (Å²) in [7, 11) is 0. The van der Waals surface area contributed by atoms with E-state index in [4.69, 9.17) is 16.3 Å². The minimum absolute atomic E-state index is 0.273. The summed E-state index contributed by atoms with van der Waals surface area (Å²) in [6, 6.07) is 8.46. The first kappa shape index (κ1) is 14.3. The van der Waals surface area contributed by atoms with Gasteiger partial charge in [-0.25, -0.2) is 9.97 Å². The Labute approximate surface area is 122 Å². The van der Waals surface area contributed by atoms with Gasteiger partial charge in [0, 0.05) is 11.6 Å². The lowest BCUT2D eigenvalue weighted by Crippen LogP contribution is -2.13. The maximum Gasteiger partial charge on any atom is 0.256 e. The lowest BCUT2D eigenvalue weighted by atomic mass is 10.2. The largest absolute Gasteiger partial charge is 0.494 e. The molecule has 0 aliphatic carbocycles. The summed E-state index contributed by atoms with van der Waals surface area (Å²) >= 11 is 5.73. The molecule has 0 unspecified atom stereocenters. The number of ether oxygens (including phenoxy) is 1.